The zero-order chi connectivity index (χ0) is 20.0. The van der Waals surface area contributed by atoms with Crippen LogP contribution in [0.15, 0.2) is 58.2 Å². The predicted octanol–water partition coefficient (Wildman–Crippen LogP) is 1.37. The number of carbonyl (C=O) groups is 2. The molecule has 0 saturated carbocycles. The van der Waals surface area contributed by atoms with E-state index in [0.717, 1.165) is 0 Å². The molecule has 0 unspecified atom stereocenters. The van der Waals surface area contributed by atoms with Crippen molar-refractivity contribution in [3.05, 3.63) is 54.5 Å². The van der Waals surface area contributed by atoms with E-state index in [1.165, 1.54) is 24.7 Å². The molecule has 8 nitrogen and oxygen atoms in total. The summed E-state index contributed by atoms with van der Waals surface area (Å²) in [6.45, 7) is 1.13. The van der Waals surface area contributed by atoms with Crippen LogP contribution >= 0.6 is 0 Å². The van der Waals surface area contributed by atoms with Crippen molar-refractivity contribution in [3.63, 3.8) is 0 Å². The molecule has 0 atom stereocenters. The van der Waals surface area contributed by atoms with Crippen molar-refractivity contribution in [2.75, 3.05) is 19.6 Å². The summed E-state index contributed by atoms with van der Waals surface area (Å²) in [6.07, 6.45) is 4.26. The van der Waals surface area contributed by atoms with E-state index in [1.807, 2.05) is 0 Å². The van der Waals surface area contributed by atoms with Gasteiger partial charge in [-0.15, -0.1) is 0 Å². The maximum Gasteiger partial charge on any atom is 0.257 e. The Kier molecular flexibility index (Phi) is 6.48. The van der Waals surface area contributed by atoms with E-state index in [9.17, 15) is 18.0 Å². The third kappa shape index (κ3) is 5.20. The van der Waals surface area contributed by atoms with Gasteiger partial charge in [0.1, 0.15) is 6.26 Å². The minimum absolute atomic E-state index is 0.0216. The Labute approximate surface area is 164 Å². The van der Waals surface area contributed by atoms with Crippen LogP contribution in [-0.2, 0) is 14.8 Å². The average molecular weight is 405 g/mol. The van der Waals surface area contributed by atoms with Gasteiger partial charge in [0.05, 0.1) is 16.7 Å². The molecule has 0 radical (unpaired) electrons. The van der Waals surface area contributed by atoms with E-state index in [-0.39, 0.29) is 35.7 Å². The van der Waals surface area contributed by atoms with E-state index in [2.05, 4.69) is 10.0 Å². The van der Waals surface area contributed by atoms with Crippen LogP contribution in [0, 0.1) is 0 Å². The first-order valence-electron chi connectivity index (χ1n) is 9.11. The third-order valence-corrected chi connectivity index (χ3v) is 6.09. The van der Waals surface area contributed by atoms with Crippen LogP contribution in [0.2, 0.25) is 0 Å². The smallest absolute Gasteiger partial charge is 0.257 e. The van der Waals surface area contributed by atoms with E-state index < -0.39 is 10.0 Å². The van der Waals surface area contributed by atoms with E-state index in [0.29, 0.717) is 31.5 Å². The SMILES string of the molecule is O=C(CCNS(=O)(=O)c1ccccc1)NC1CCN(C(=O)c2ccoc2)CC1. The van der Waals surface area contributed by atoms with Gasteiger partial charge in [0.15, 0.2) is 0 Å². The first-order valence-corrected chi connectivity index (χ1v) is 10.6. The van der Waals surface area contributed by atoms with Gasteiger partial charge in [0.25, 0.3) is 5.91 Å². The molecule has 2 aromatic rings. The Hall–Kier alpha value is -2.65. The van der Waals surface area contributed by atoms with Crippen LogP contribution in [0.25, 0.3) is 0 Å². The van der Waals surface area contributed by atoms with Crippen molar-refractivity contribution in [3.8, 4) is 0 Å². The summed E-state index contributed by atoms with van der Waals surface area (Å²) < 4.78 is 31.6. The van der Waals surface area contributed by atoms with Gasteiger partial charge in [-0.1, -0.05) is 18.2 Å². The summed E-state index contributed by atoms with van der Waals surface area (Å²) >= 11 is 0. The zero-order valence-electron chi connectivity index (χ0n) is 15.3. The maximum atomic E-state index is 12.3. The molecule has 150 valence electrons. The number of carbonyl (C=O) groups excluding carboxylic acids is 2. The Bertz CT molecular complexity index is 889. The highest BCUT2D eigenvalue weighted by atomic mass is 32.2. The van der Waals surface area contributed by atoms with Crippen molar-refractivity contribution in [1.29, 1.82) is 0 Å². The van der Waals surface area contributed by atoms with Crippen molar-refractivity contribution in [2.24, 2.45) is 0 Å². The number of likely N-dealkylation sites (tertiary alicyclic amines) is 1. The molecule has 0 spiro atoms. The first-order chi connectivity index (χ1) is 13.5. The summed E-state index contributed by atoms with van der Waals surface area (Å²) in [7, 11) is -3.61. The number of piperidine rings is 1. The van der Waals surface area contributed by atoms with Crippen molar-refractivity contribution in [1.82, 2.24) is 14.9 Å². The Morgan fingerprint density at radius 2 is 1.82 bits per heavy atom. The number of benzene rings is 1. The van der Waals surface area contributed by atoms with Gasteiger partial charge in [-0.2, -0.15) is 0 Å². The zero-order valence-corrected chi connectivity index (χ0v) is 16.2. The number of furan rings is 1. The fourth-order valence-corrected chi connectivity index (χ4v) is 4.13. The van der Waals surface area contributed by atoms with Gasteiger partial charge in [-0.05, 0) is 31.0 Å². The minimum atomic E-state index is -3.61. The Balaban J connectivity index is 1.38. The van der Waals surface area contributed by atoms with Crippen molar-refractivity contribution in [2.45, 2.75) is 30.2 Å². The molecule has 9 heteroatoms. The third-order valence-electron chi connectivity index (χ3n) is 4.61. The number of rotatable bonds is 7. The highest BCUT2D eigenvalue weighted by Crippen LogP contribution is 2.14. The number of hydrogen-bond acceptors (Lipinski definition) is 5. The topological polar surface area (TPSA) is 109 Å². The molecule has 1 aromatic carbocycles. The molecular formula is C19H23N3O5S. The summed E-state index contributed by atoms with van der Waals surface area (Å²) in [5.74, 6) is -0.288. The lowest BCUT2D eigenvalue weighted by molar-refractivity contribution is -0.121. The second-order valence-corrected chi connectivity index (χ2v) is 8.37. The summed E-state index contributed by atoms with van der Waals surface area (Å²) in [5.41, 5.74) is 0.521. The molecule has 0 aliphatic carbocycles. The largest absolute Gasteiger partial charge is 0.472 e. The Morgan fingerprint density at radius 3 is 2.46 bits per heavy atom. The summed E-state index contributed by atoms with van der Waals surface area (Å²) in [6, 6.07) is 9.64. The standard InChI is InChI=1S/C19H23N3O5S/c23-18(6-10-20-28(25,26)17-4-2-1-3-5-17)21-16-7-11-22(12-8-16)19(24)15-9-13-27-14-15/h1-5,9,13-14,16,20H,6-8,10-12H2,(H,21,23). The van der Waals surface area contributed by atoms with E-state index >= 15 is 0 Å². The Morgan fingerprint density at radius 1 is 1.11 bits per heavy atom. The van der Waals surface area contributed by atoms with Crippen molar-refractivity contribution >= 4 is 21.8 Å². The van der Waals surface area contributed by atoms with Gasteiger partial charge < -0.3 is 14.6 Å². The fraction of sp³-hybridized carbons (Fsp3) is 0.368. The number of nitrogens with one attached hydrogen (secondary N) is 2. The molecule has 1 fully saturated rings. The van der Waals surface area contributed by atoms with E-state index in [1.54, 1.807) is 29.2 Å². The molecule has 28 heavy (non-hydrogen) atoms. The molecule has 1 aromatic heterocycles. The molecule has 2 heterocycles. The number of hydrogen-bond donors (Lipinski definition) is 2. The van der Waals surface area contributed by atoms with Gasteiger partial charge in [-0.25, -0.2) is 13.1 Å². The lowest BCUT2D eigenvalue weighted by Crippen LogP contribution is -2.46. The lowest BCUT2D eigenvalue weighted by Gasteiger charge is -2.32. The fourth-order valence-electron chi connectivity index (χ4n) is 3.08. The molecule has 3 rings (SSSR count). The number of nitrogens with zero attached hydrogens (tertiary/aromatic N) is 1. The van der Waals surface area contributed by atoms with E-state index in [4.69, 9.17) is 4.42 Å². The van der Waals surface area contributed by atoms with Crippen LogP contribution in [0.3, 0.4) is 0 Å². The van der Waals surface area contributed by atoms with Crippen LogP contribution in [0.5, 0.6) is 0 Å². The minimum Gasteiger partial charge on any atom is -0.472 e. The van der Waals surface area contributed by atoms with Gasteiger partial charge in [-0.3, -0.25) is 9.59 Å². The van der Waals surface area contributed by atoms with Crippen LogP contribution in [0.1, 0.15) is 29.6 Å². The summed E-state index contributed by atoms with van der Waals surface area (Å²) in [5, 5.41) is 2.91. The van der Waals surface area contributed by atoms with Crippen LogP contribution in [0.4, 0.5) is 0 Å². The van der Waals surface area contributed by atoms with Crippen LogP contribution in [-0.4, -0.2) is 50.8 Å². The average Bonchev–Trinajstić information content (AvgIpc) is 3.23. The molecule has 1 aliphatic rings. The highest BCUT2D eigenvalue weighted by molar-refractivity contribution is 7.89. The quantitative estimate of drug-likeness (QED) is 0.723. The first kappa shape index (κ1) is 20.1. The highest BCUT2D eigenvalue weighted by Gasteiger charge is 2.25. The van der Waals surface area contributed by atoms with Gasteiger partial charge >= 0.3 is 0 Å². The molecule has 0 bridgehead atoms. The summed E-state index contributed by atoms with van der Waals surface area (Å²) in [4.78, 5) is 26.3. The maximum absolute atomic E-state index is 12.3. The lowest BCUT2D eigenvalue weighted by atomic mass is 10.0. The second kappa shape index (κ2) is 9.03. The normalized spacial score (nSPS) is 15.4. The predicted molar refractivity (Wildman–Crippen MR) is 102 cm³/mol. The monoisotopic (exact) mass is 405 g/mol. The second-order valence-electron chi connectivity index (χ2n) is 6.61. The number of amides is 2. The number of sulfonamides is 1. The van der Waals surface area contributed by atoms with Crippen molar-refractivity contribution < 1.29 is 22.4 Å². The van der Waals surface area contributed by atoms with Gasteiger partial charge in [0, 0.05) is 32.1 Å². The molecular weight excluding hydrogens is 382 g/mol. The van der Waals surface area contributed by atoms with Gasteiger partial charge in [0.2, 0.25) is 15.9 Å². The van der Waals surface area contributed by atoms with Crippen LogP contribution < -0.4 is 10.0 Å². The molecule has 2 N–H and O–H groups in total. The molecule has 1 aliphatic heterocycles. The molecule has 1 saturated heterocycles. The molecule has 2 amide bonds.